The Bertz CT molecular complexity index is 452. The summed E-state index contributed by atoms with van der Waals surface area (Å²) in [6.45, 7) is 0. The Kier molecular flexibility index (Phi) is 3.59. The maximum Gasteiger partial charge on any atom is 0.108 e. The second-order valence-corrected chi connectivity index (χ2v) is 7.23. The van der Waals surface area contributed by atoms with Gasteiger partial charge < -0.3 is 9.73 Å². The molecule has 2 heteroatoms. The third-order valence-corrected chi connectivity index (χ3v) is 6.03. The van der Waals surface area contributed by atoms with Gasteiger partial charge in [0.25, 0.3) is 0 Å². The van der Waals surface area contributed by atoms with Crippen molar-refractivity contribution in [2.45, 2.75) is 76.3 Å². The molecule has 20 heavy (non-hydrogen) atoms. The van der Waals surface area contributed by atoms with E-state index in [1.807, 2.05) is 6.26 Å². The van der Waals surface area contributed by atoms with E-state index in [9.17, 15) is 0 Å². The lowest BCUT2D eigenvalue weighted by atomic mass is 9.69. The Morgan fingerprint density at radius 3 is 2.80 bits per heavy atom. The van der Waals surface area contributed by atoms with Gasteiger partial charge >= 0.3 is 0 Å². The average Bonchev–Trinajstić information content (AvgIpc) is 2.97. The van der Waals surface area contributed by atoms with Crippen molar-refractivity contribution in [2.75, 3.05) is 0 Å². The van der Waals surface area contributed by atoms with Gasteiger partial charge in [0.2, 0.25) is 0 Å². The lowest BCUT2D eigenvalue weighted by molar-refractivity contribution is 0.136. The molecule has 0 spiro atoms. The molecule has 2 nitrogen and oxygen atoms in total. The molecular formula is C18H27NO. The van der Waals surface area contributed by atoms with Gasteiger partial charge in [-0.2, -0.15) is 0 Å². The smallest absolute Gasteiger partial charge is 0.108 e. The first-order chi connectivity index (χ1) is 9.90. The van der Waals surface area contributed by atoms with Gasteiger partial charge in [-0.25, -0.2) is 0 Å². The van der Waals surface area contributed by atoms with Crippen LogP contribution >= 0.6 is 0 Å². The molecule has 2 saturated carbocycles. The van der Waals surface area contributed by atoms with Crippen LogP contribution in [0.4, 0.5) is 0 Å². The third-order valence-electron chi connectivity index (χ3n) is 6.03. The highest BCUT2D eigenvalue weighted by Gasteiger charge is 2.33. The number of hydrogen-bond acceptors (Lipinski definition) is 2. The molecule has 0 amide bonds. The van der Waals surface area contributed by atoms with Crippen LogP contribution in [0, 0.1) is 11.8 Å². The molecule has 2 fully saturated rings. The van der Waals surface area contributed by atoms with Crippen LogP contribution in [-0.4, -0.2) is 6.04 Å². The number of rotatable bonds is 2. The van der Waals surface area contributed by atoms with E-state index in [2.05, 4.69) is 11.4 Å². The van der Waals surface area contributed by atoms with Gasteiger partial charge in [-0.1, -0.05) is 25.7 Å². The second-order valence-electron chi connectivity index (χ2n) is 7.23. The zero-order valence-corrected chi connectivity index (χ0v) is 12.4. The first-order valence-corrected chi connectivity index (χ1v) is 8.72. The van der Waals surface area contributed by atoms with Crippen LogP contribution in [0.1, 0.15) is 75.2 Å². The Balaban J connectivity index is 1.41. The minimum atomic E-state index is 0.558. The molecule has 3 aliphatic rings. The predicted molar refractivity (Wildman–Crippen MR) is 80.6 cm³/mol. The molecule has 4 rings (SSSR count). The summed E-state index contributed by atoms with van der Waals surface area (Å²) in [6.07, 6.45) is 15.8. The molecule has 110 valence electrons. The Morgan fingerprint density at radius 2 is 1.85 bits per heavy atom. The fraction of sp³-hybridized carbons (Fsp3) is 0.778. The number of aryl methyl sites for hydroxylation is 1. The van der Waals surface area contributed by atoms with Crippen LogP contribution in [-0.2, 0) is 6.42 Å². The van der Waals surface area contributed by atoms with Crippen molar-refractivity contribution in [2.24, 2.45) is 11.8 Å². The number of fused-ring (bicyclic) bond motifs is 2. The lowest BCUT2D eigenvalue weighted by Gasteiger charge is -2.41. The van der Waals surface area contributed by atoms with Crippen LogP contribution in [0.25, 0.3) is 0 Å². The summed E-state index contributed by atoms with van der Waals surface area (Å²) >= 11 is 0. The van der Waals surface area contributed by atoms with E-state index in [0.717, 1.165) is 24.3 Å². The Labute approximate surface area is 122 Å². The minimum Gasteiger partial charge on any atom is -0.469 e. The summed E-state index contributed by atoms with van der Waals surface area (Å²) in [5.74, 6) is 3.31. The van der Waals surface area contributed by atoms with Gasteiger partial charge in [-0.05, 0) is 50.0 Å². The van der Waals surface area contributed by atoms with E-state index in [1.165, 1.54) is 69.1 Å². The molecule has 0 aromatic carbocycles. The van der Waals surface area contributed by atoms with Crippen LogP contribution < -0.4 is 5.32 Å². The van der Waals surface area contributed by atoms with Gasteiger partial charge in [0.05, 0.1) is 6.26 Å². The number of nitrogens with one attached hydrogen (secondary N) is 1. The predicted octanol–water partition coefficient (Wildman–Crippen LogP) is 4.61. The quantitative estimate of drug-likeness (QED) is 0.851. The number of furan rings is 1. The van der Waals surface area contributed by atoms with Crippen molar-refractivity contribution in [3.8, 4) is 0 Å². The summed E-state index contributed by atoms with van der Waals surface area (Å²) in [7, 11) is 0. The zero-order valence-electron chi connectivity index (χ0n) is 12.4. The summed E-state index contributed by atoms with van der Waals surface area (Å²) < 4.78 is 5.62. The Morgan fingerprint density at radius 1 is 0.950 bits per heavy atom. The highest BCUT2D eigenvalue weighted by atomic mass is 16.3. The van der Waals surface area contributed by atoms with E-state index >= 15 is 0 Å². The van der Waals surface area contributed by atoms with Crippen molar-refractivity contribution >= 4 is 0 Å². The molecule has 1 aromatic rings. The summed E-state index contributed by atoms with van der Waals surface area (Å²) in [4.78, 5) is 0. The molecule has 1 N–H and O–H groups in total. The van der Waals surface area contributed by atoms with Crippen molar-refractivity contribution in [3.05, 3.63) is 23.7 Å². The SMILES string of the molecule is c1cc2c(o1)CCCC2NC1CCC2CCCCC2C1. The highest BCUT2D eigenvalue weighted by Crippen LogP contribution is 2.41. The van der Waals surface area contributed by atoms with Gasteiger partial charge in [0, 0.05) is 24.1 Å². The van der Waals surface area contributed by atoms with Gasteiger partial charge in [0.1, 0.15) is 5.76 Å². The number of hydrogen-bond donors (Lipinski definition) is 1. The summed E-state index contributed by atoms with van der Waals surface area (Å²) in [6, 6.07) is 3.50. The second kappa shape index (κ2) is 5.55. The van der Waals surface area contributed by atoms with E-state index in [-0.39, 0.29) is 0 Å². The fourth-order valence-corrected chi connectivity index (χ4v) is 4.97. The molecule has 1 heterocycles. The average molecular weight is 273 g/mol. The third kappa shape index (κ3) is 2.43. The summed E-state index contributed by atoms with van der Waals surface area (Å²) in [5.41, 5.74) is 1.45. The van der Waals surface area contributed by atoms with Crippen molar-refractivity contribution < 1.29 is 4.42 Å². The topological polar surface area (TPSA) is 25.2 Å². The van der Waals surface area contributed by atoms with E-state index < -0.39 is 0 Å². The van der Waals surface area contributed by atoms with Crippen LogP contribution in [0.15, 0.2) is 16.7 Å². The fourth-order valence-electron chi connectivity index (χ4n) is 4.97. The molecule has 4 unspecified atom stereocenters. The molecular weight excluding hydrogens is 246 g/mol. The van der Waals surface area contributed by atoms with Crippen molar-refractivity contribution in [3.63, 3.8) is 0 Å². The first kappa shape index (κ1) is 12.9. The molecule has 0 radical (unpaired) electrons. The minimum absolute atomic E-state index is 0.558. The standard InChI is InChI=1S/C18H27NO/c1-2-5-14-12-15(9-8-13(14)4-1)19-17-6-3-7-18-16(17)10-11-20-18/h10-11,13-15,17,19H,1-9,12H2. The first-order valence-electron chi connectivity index (χ1n) is 8.72. The van der Waals surface area contributed by atoms with E-state index in [4.69, 9.17) is 4.42 Å². The molecule has 0 aliphatic heterocycles. The Hall–Kier alpha value is -0.760. The molecule has 0 bridgehead atoms. The molecule has 1 aromatic heterocycles. The lowest BCUT2D eigenvalue weighted by Crippen LogP contribution is -2.41. The normalized spacial score (nSPS) is 37.2. The largest absolute Gasteiger partial charge is 0.469 e. The van der Waals surface area contributed by atoms with E-state index in [0.29, 0.717) is 6.04 Å². The van der Waals surface area contributed by atoms with Crippen LogP contribution in [0.3, 0.4) is 0 Å². The van der Waals surface area contributed by atoms with Gasteiger partial charge in [-0.15, -0.1) is 0 Å². The van der Waals surface area contributed by atoms with Crippen molar-refractivity contribution in [1.82, 2.24) is 5.32 Å². The highest BCUT2D eigenvalue weighted by molar-refractivity contribution is 5.24. The summed E-state index contributed by atoms with van der Waals surface area (Å²) in [5, 5.41) is 3.97. The van der Waals surface area contributed by atoms with Crippen LogP contribution in [0.5, 0.6) is 0 Å². The maximum absolute atomic E-state index is 5.62. The van der Waals surface area contributed by atoms with Gasteiger partial charge in [0.15, 0.2) is 0 Å². The van der Waals surface area contributed by atoms with Crippen LogP contribution in [0.2, 0.25) is 0 Å². The molecule has 0 saturated heterocycles. The zero-order chi connectivity index (χ0) is 13.4. The monoisotopic (exact) mass is 273 g/mol. The van der Waals surface area contributed by atoms with E-state index in [1.54, 1.807) is 0 Å². The molecule has 4 atom stereocenters. The molecule has 3 aliphatic carbocycles. The maximum atomic E-state index is 5.62. The van der Waals surface area contributed by atoms with Crippen molar-refractivity contribution in [1.29, 1.82) is 0 Å². The van der Waals surface area contributed by atoms with Gasteiger partial charge in [-0.3, -0.25) is 0 Å².